The molecule has 0 aliphatic carbocycles. The summed E-state index contributed by atoms with van der Waals surface area (Å²) in [5.74, 6) is -1.20. The lowest BCUT2D eigenvalue weighted by Crippen LogP contribution is -2.63. The van der Waals surface area contributed by atoms with Gasteiger partial charge in [0.1, 0.15) is 12.1 Å². The summed E-state index contributed by atoms with van der Waals surface area (Å²) in [6.07, 6.45) is 5.21. The van der Waals surface area contributed by atoms with Crippen molar-refractivity contribution in [3.63, 3.8) is 0 Å². The van der Waals surface area contributed by atoms with Gasteiger partial charge in [0.15, 0.2) is 0 Å². The van der Waals surface area contributed by atoms with Gasteiger partial charge >= 0.3 is 0 Å². The molecule has 1 aromatic heterocycles. The number of aromatic nitrogens is 1. The maximum absolute atomic E-state index is 12.8. The first kappa shape index (κ1) is 20.2. The van der Waals surface area contributed by atoms with E-state index in [0.717, 1.165) is 17.0 Å². The number of nitrogens with one attached hydrogen (secondary N) is 2. The first-order valence-electron chi connectivity index (χ1n) is 9.01. The molecule has 2 atom stereocenters. The maximum atomic E-state index is 12.8. The second kappa shape index (κ2) is 8.23. The minimum absolute atomic E-state index is 0.000213. The van der Waals surface area contributed by atoms with Gasteiger partial charge in [-0.1, -0.05) is 0 Å². The highest BCUT2D eigenvalue weighted by molar-refractivity contribution is 7.88. The fourth-order valence-electron chi connectivity index (χ4n) is 3.41. The monoisotopic (exact) mass is 409 g/mol. The molecule has 28 heavy (non-hydrogen) atoms. The van der Waals surface area contributed by atoms with Gasteiger partial charge in [-0.3, -0.25) is 19.4 Å². The van der Waals surface area contributed by atoms with Gasteiger partial charge in [-0.2, -0.15) is 4.31 Å². The molecule has 3 heterocycles. The van der Waals surface area contributed by atoms with Crippen LogP contribution in [0, 0.1) is 0 Å². The van der Waals surface area contributed by atoms with Crippen LogP contribution in [0.3, 0.4) is 0 Å². The van der Waals surface area contributed by atoms with Crippen LogP contribution in [0.25, 0.3) is 0 Å². The quantitative estimate of drug-likeness (QED) is 0.627. The number of amides is 3. The third-order valence-electron chi connectivity index (χ3n) is 4.86. The van der Waals surface area contributed by atoms with Crippen molar-refractivity contribution in [3.05, 3.63) is 30.1 Å². The van der Waals surface area contributed by atoms with E-state index in [9.17, 15) is 22.8 Å². The van der Waals surface area contributed by atoms with Gasteiger partial charge in [-0.15, -0.1) is 0 Å². The van der Waals surface area contributed by atoms with E-state index >= 15 is 0 Å². The third kappa shape index (κ3) is 4.47. The number of carbonyl (C=O) groups excluding carboxylic acids is 3. The topological polar surface area (TPSA) is 129 Å². The fourth-order valence-corrected chi connectivity index (χ4v) is 4.45. The Hall–Kier alpha value is -2.53. The average molecular weight is 409 g/mol. The molecule has 11 heteroatoms. The van der Waals surface area contributed by atoms with Crippen molar-refractivity contribution >= 4 is 27.7 Å². The number of nitrogens with zero attached hydrogens (tertiary/aromatic N) is 3. The molecule has 2 N–H and O–H groups in total. The zero-order chi connectivity index (χ0) is 20.3. The summed E-state index contributed by atoms with van der Waals surface area (Å²) in [6, 6.07) is 1.44. The Labute approximate surface area is 163 Å². The summed E-state index contributed by atoms with van der Waals surface area (Å²) in [4.78, 5) is 42.8. The molecule has 1 aromatic rings. The van der Waals surface area contributed by atoms with Crippen LogP contribution in [0.1, 0.15) is 23.2 Å². The van der Waals surface area contributed by atoms with Crippen molar-refractivity contribution in [2.24, 2.45) is 0 Å². The van der Waals surface area contributed by atoms with Crippen molar-refractivity contribution in [1.82, 2.24) is 24.8 Å². The highest BCUT2D eigenvalue weighted by Crippen LogP contribution is 2.17. The van der Waals surface area contributed by atoms with E-state index in [0.29, 0.717) is 18.5 Å². The van der Waals surface area contributed by atoms with Crippen LogP contribution >= 0.6 is 0 Å². The molecular formula is C17H23N5O5S. The van der Waals surface area contributed by atoms with Crippen LogP contribution < -0.4 is 10.6 Å². The number of rotatable bonds is 4. The van der Waals surface area contributed by atoms with E-state index in [1.54, 1.807) is 18.3 Å². The molecule has 0 bridgehead atoms. The summed E-state index contributed by atoms with van der Waals surface area (Å²) in [6.45, 7) is 0.618. The van der Waals surface area contributed by atoms with Crippen LogP contribution in [0.5, 0.6) is 0 Å². The van der Waals surface area contributed by atoms with Gasteiger partial charge in [0.05, 0.1) is 11.8 Å². The zero-order valence-corrected chi connectivity index (χ0v) is 16.3. The third-order valence-corrected chi connectivity index (χ3v) is 6.15. The summed E-state index contributed by atoms with van der Waals surface area (Å²) < 4.78 is 25.4. The van der Waals surface area contributed by atoms with Gasteiger partial charge < -0.3 is 15.5 Å². The average Bonchev–Trinajstić information content (AvgIpc) is 2.68. The molecule has 2 aliphatic rings. The predicted molar refractivity (Wildman–Crippen MR) is 99.7 cm³/mol. The number of piperidine rings is 1. The van der Waals surface area contributed by atoms with Crippen LogP contribution in [0.2, 0.25) is 0 Å². The Morgan fingerprint density at radius 2 is 2.11 bits per heavy atom. The van der Waals surface area contributed by atoms with E-state index in [-0.39, 0.29) is 31.4 Å². The zero-order valence-electron chi connectivity index (χ0n) is 15.5. The number of hydrogen-bond acceptors (Lipinski definition) is 6. The Balaban J connectivity index is 1.78. The van der Waals surface area contributed by atoms with Crippen molar-refractivity contribution < 1.29 is 22.8 Å². The molecule has 0 aromatic carbocycles. The van der Waals surface area contributed by atoms with Crippen molar-refractivity contribution in [2.75, 3.05) is 32.4 Å². The number of hydrogen-bond donors (Lipinski definition) is 2. The lowest BCUT2D eigenvalue weighted by Gasteiger charge is -2.39. The molecule has 0 unspecified atom stereocenters. The number of piperazine rings is 1. The van der Waals surface area contributed by atoms with Gasteiger partial charge in [0, 0.05) is 38.6 Å². The summed E-state index contributed by atoms with van der Waals surface area (Å²) in [5, 5.41) is 5.31. The molecule has 2 aliphatic heterocycles. The minimum Gasteiger partial charge on any atom is -0.354 e. The predicted octanol–water partition coefficient (Wildman–Crippen LogP) is -1.44. The summed E-state index contributed by atoms with van der Waals surface area (Å²) in [5.41, 5.74) is 0.362. The lowest BCUT2D eigenvalue weighted by atomic mass is 10.1. The Bertz CT molecular complexity index is 860. The lowest BCUT2D eigenvalue weighted by molar-refractivity contribution is -0.132. The summed E-state index contributed by atoms with van der Waals surface area (Å²) >= 11 is 0. The highest BCUT2D eigenvalue weighted by Gasteiger charge is 2.40. The maximum Gasteiger partial charge on any atom is 0.255 e. The number of pyridine rings is 1. The van der Waals surface area contributed by atoms with Gasteiger partial charge in [0.2, 0.25) is 21.8 Å². The first-order chi connectivity index (χ1) is 13.3. The molecule has 152 valence electrons. The molecule has 2 fully saturated rings. The smallest absolute Gasteiger partial charge is 0.255 e. The van der Waals surface area contributed by atoms with Crippen molar-refractivity contribution in [1.29, 1.82) is 0 Å². The molecule has 3 rings (SSSR count). The molecule has 0 radical (unpaired) electrons. The van der Waals surface area contributed by atoms with Crippen LogP contribution in [-0.2, 0) is 19.6 Å². The first-order valence-corrected chi connectivity index (χ1v) is 10.9. The van der Waals surface area contributed by atoms with E-state index < -0.39 is 28.0 Å². The number of sulfonamides is 1. The van der Waals surface area contributed by atoms with E-state index in [1.165, 1.54) is 11.1 Å². The molecule has 2 saturated heterocycles. The largest absolute Gasteiger partial charge is 0.354 e. The molecule has 10 nitrogen and oxygen atoms in total. The molecular weight excluding hydrogens is 386 g/mol. The molecule has 0 spiro atoms. The molecule has 0 saturated carbocycles. The second-order valence-corrected chi connectivity index (χ2v) is 8.81. The Morgan fingerprint density at radius 1 is 1.32 bits per heavy atom. The van der Waals surface area contributed by atoms with E-state index in [4.69, 9.17) is 0 Å². The highest BCUT2D eigenvalue weighted by atomic mass is 32.2. The Kier molecular flexibility index (Phi) is 5.94. The second-order valence-electron chi connectivity index (χ2n) is 6.88. The van der Waals surface area contributed by atoms with Crippen molar-refractivity contribution in [3.8, 4) is 0 Å². The number of carbonyl (C=O) groups is 3. The molecule has 3 amide bonds. The normalized spacial score (nSPS) is 23.8. The van der Waals surface area contributed by atoms with Gasteiger partial charge in [-0.05, 0) is 25.0 Å². The van der Waals surface area contributed by atoms with E-state index in [1.807, 2.05) is 0 Å². The van der Waals surface area contributed by atoms with E-state index in [2.05, 4.69) is 15.6 Å². The minimum atomic E-state index is -3.67. The van der Waals surface area contributed by atoms with Gasteiger partial charge in [0.25, 0.3) is 5.91 Å². The van der Waals surface area contributed by atoms with Gasteiger partial charge in [-0.25, -0.2) is 8.42 Å². The Morgan fingerprint density at radius 3 is 2.75 bits per heavy atom. The summed E-state index contributed by atoms with van der Waals surface area (Å²) in [7, 11) is -3.67. The SMILES string of the molecule is CS(=O)(=O)N1CCN(C(=O)c2cccnc2)C[C@H]1C(=O)N[C@H]1CCCNC1=O. The van der Waals surface area contributed by atoms with Crippen molar-refractivity contribution in [2.45, 2.75) is 24.9 Å². The van der Waals surface area contributed by atoms with Crippen LogP contribution in [-0.4, -0.2) is 84.8 Å². The standard InChI is InChI=1S/C17H23N5O5S/c1-28(26,27)22-9-8-21(17(25)12-4-2-6-18-10-12)11-14(22)16(24)20-13-5-3-7-19-15(13)23/h2,4,6,10,13-14H,3,5,7-9,11H2,1H3,(H,19,23)(H,20,24)/t13-,14-/m0/s1. The van der Waals surface area contributed by atoms with Crippen LogP contribution in [0.15, 0.2) is 24.5 Å². The van der Waals surface area contributed by atoms with Crippen LogP contribution in [0.4, 0.5) is 0 Å². The fraction of sp³-hybridized carbons (Fsp3) is 0.529.